The van der Waals surface area contributed by atoms with Crippen LogP contribution in [0.2, 0.25) is 0 Å². The SMILES string of the molecule is Cc1cc([N+](=O)[O-])c(C)cc1OCCCS. The maximum atomic E-state index is 10.7. The number of thiol groups is 1. The van der Waals surface area contributed by atoms with Crippen molar-refractivity contribution in [2.24, 2.45) is 0 Å². The van der Waals surface area contributed by atoms with E-state index >= 15 is 0 Å². The molecule has 0 aliphatic carbocycles. The van der Waals surface area contributed by atoms with Gasteiger partial charge in [-0.25, -0.2) is 0 Å². The summed E-state index contributed by atoms with van der Waals surface area (Å²) in [5, 5.41) is 10.7. The van der Waals surface area contributed by atoms with Gasteiger partial charge in [-0.3, -0.25) is 10.1 Å². The number of rotatable bonds is 5. The van der Waals surface area contributed by atoms with Crippen LogP contribution in [0.15, 0.2) is 12.1 Å². The van der Waals surface area contributed by atoms with Crippen LogP contribution in [0.25, 0.3) is 0 Å². The molecule has 0 aliphatic heterocycles. The van der Waals surface area contributed by atoms with Gasteiger partial charge in [-0.2, -0.15) is 12.6 Å². The minimum absolute atomic E-state index is 0.138. The van der Waals surface area contributed by atoms with Crippen molar-refractivity contribution < 1.29 is 9.66 Å². The van der Waals surface area contributed by atoms with Crippen LogP contribution < -0.4 is 4.74 Å². The summed E-state index contributed by atoms with van der Waals surface area (Å²) in [5.74, 6) is 1.48. The standard InChI is InChI=1S/C11H15NO3S/c1-8-7-11(15-4-3-5-16)9(2)6-10(8)12(13)14/h6-7,16H,3-5H2,1-2H3. The summed E-state index contributed by atoms with van der Waals surface area (Å²) >= 11 is 4.09. The summed E-state index contributed by atoms with van der Waals surface area (Å²) < 4.78 is 5.52. The Kier molecular flexibility index (Phi) is 4.61. The molecule has 0 aromatic heterocycles. The number of benzene rings is 1. The Morgan fingerprint density at radius 3 is 2.62 bits per heavy atom. The molecule has 0 saturated carbocycles. The first-order chi connectivity index (χ1) is 7.56. The van der Waals surface area contributed by atoms with E-state index in [1.165, 1.54) is 0 Å². The molecule has 5 heteroatoms. The van der Waals surface area contributed by atoms with Crippen LogP contribution in [0.4, 0.5) is 5.69 Å². The second-order valence-electron chi connectivity index (χ2n) is 3.59. The Bertz CT molecular complexity index is 393. The molecule has 0 atom stereocenters. The first kappa shape index (κ1) is 12.8. The fraction of sp³-hybridized carbons (Fsp3) is 0.455. The van der Waals surface area contributed by atoms with E-state index < -0.39 is 0 Å². The third kappa shape index (κ3) is 3.13. The van der Waals surface area contributed by atoms with E-state index in [4.69, 9.17) is 4.74 Å². The molecule has 1 aromatic carbocycles. The van der Waals surface area contributed by atoms with Gasteiger partial charge < -0.3 is 4.74 Å². The van der Waals surface area contributed by atoms with Crippen LogP contribution in [0.3, 0.4) is 0 Å². The lowest BCUT2D eigenvalue weighted by Crippen LogP contribution is -2.01. The molecule has 16 heavy (non-hydrogen) atoms. The van der Waals surface area contributed by atoms with Gasteiger partial charge in [-0.15, -0.1) is 0 Å². The second-order valence-corrected chi connectivity index (χ2v) is 4.03. The van der Waals surface area contributed by atoms with Crippen molar-refractivity contribution in [3.8, 4) is 5.75 Å². The van der Waals surface area contributed by atoms with E-state index in [0.29, 0.717) is 17.9 Å². The van der Waals surface area contributed by atoms with Gasteiger partial charge in [0.25, 0.3) is 5.69 Å². The van der Waals surface area contributed by atoms with Crippen molar-refractivity contribution >= 4 is 18.3 Å². The van der Waals surface area contributed by atoms with E-state index in [2.05, 4.69) is 12.6 Å². The molecule has 1 rings (SSSR count). The van der Waals surface area contributed by atoms with Gasteiger partial charge in [-0.05, 0) is 37.7 Å². The Balaban J connectivity index is 2.88. The molecular weight excluding hydrogens is 226 g/mol. The molecular formula is C11H15NO3S. The number of aryl methyl sites for hydroxylation is 2. The van der Waals surface area contributed by atoms with Gasteiger partial charge >= 0.3 is 0 Å². The highest BCUT2D eigenvalue weighted by molar-refractivity contribution is 7.80. The first-order valence-corrected chi connectivity index (χ1v) is 5.68. The van der Waals surface area contributed by atoms with Gasteiger partial charge in [-0.1, -0.05) is 0 Å². The van der Waals surface area contributed by atoms with Crippen LogP contribution in [-0.4, -0.2) is 17.3 Å². The average Bonchev–Trinajstić information content (AvgIpc) is 2.22. The summed E-state index contributed by atoms with van der Waals surface area (Å²) in [6, 6.07) is 3.26. The summed E-state index contributed by atoms with van der Waals surface area (Å²) in [7, 11) is 0. The molecule has 88 valence electrons. The fourth-order valence-electron chi connectivity index (χ4n) is 1.37. The van der Waals surface area contributed by atoms with Gasteiger partial charge in [0.15, 0.2) is 0 Å². The maximum Gasteiger partial charge on any atom is 0.272 e. The van der Waals surface area contributed by atoms with Crippen molar-refractivity contribution in [2.45, 2.75) is 20.3 Å². The number of nitrogens with zero attached hydrogens (tertiary/aromatic N) is 1. The van der Waals surface area contributed by atoms with E-state index in [0.717, 1.165) is 17.7 Å². The Morgan fingerprint density at radius 2 is 2.06 bits per heavy atom. The zero-order chi connectivity index (χ0) is 12.1. The molecule has 0 saturated heterocycles. The minimum Gasteiger partial charge on any atom is -0.493 e. The Hall–Kier alpha value is -1.23. The molecule has 0 radical (unpaired) electrons. The van der Waals surface area contributed by atoms with Crippen LogP contribution in [0.5, 0.6) is 5.75 Å². The van der Waals surface area contributed by atoms with Crippen LogP contribution in [0, 0.1) is 24.0 Å². The Morgan fingerprint density at radius 1 is 1.38 bits per heavy atom. The molecule has 0 N–H and O–H groups in total. The average molecular weight is 241 g/mol. The van der Waals surface area contributed by atoms with Gasteiger partial charge in [0.2, 0.25) is 0 Å². The topological polar surface area (TPSA) is 52.4 Å². The van der Waals surface area contributed by atoms with Crippen LogP contribution in [-0.2, 0) is 0 Å². The minimum atomic E-state index is -0.375. The highest BCUT2D eigenvalue weighted by Gasteiger charge is 2.13. The lowest BCUT2D eigenvalue weighted by molar-refractivity contribution is -0.385. The summed E-state index contributed by atoms with van der Waals surface area (Å²) in [6.07, 6.45) is 0.860. The molecule has 4 nitrogen and oxygen atoms in total. The largest absolute Gasteiger partial charge is 0.493 e. The number of hydrogen-bond donors (Lipinski definition) is 1. The summed E-state index contributed by atoms with van der Waals surface area (Å²) in [5.41, 5.74) is 1.55. The smallest absolute Gasteiger partial charge is 0.272 e. The third-order valence-electron chi connectivity index (χ3n) is 2.25. The molecule has 0 heterocycles. The van der Waals surface area contributed by atoms with E-state index in [9.17, 15) is 10.1 Å². The predicted octanol–water partition coefficient (Wildman–Crippen LogP) is 2.91. The first-order valence-electron chi connectivity index (χ1n) is 5.05. The van der Waals surface area contributed by atoms with E-state index in [-0.39, 0.29) is 10.6 Å². The molecule has 0 spiro atoms. The highest BCUT2D eigenvalue weighted by atomic mass is 32.1. The zero-order valence-corrected chi connectivity index (χ0v) is 10.3. The summed E-state index contributed by atoms with van der Waals surface area (Å²) in [4.78, 5) is 10.3. The quantitative estimate of drug-likeness (QED) is 0.373. The van der Waals surface area contributed by atoms with Crippen molar-refractivity contribution in [1.82, 2.24) is 0 Å². The van der Waals surface area contributed by atoms with Crippen LogP contribution in [0.1, 0.15) is 17.5 Å². The second kappa shape index (κ2) is 5.75. The summed E-state index contributed by atoms with van der Waals surface area (Å²) in [6.45, 7) is 4.10. The highest BCUT2D eigenvalue weighted by Crippen LogP contribution is 2.27. The molecule has 0 amide bonds. The lowest BCUT2D eigenvalue weighted by atomic mass is 10.1. The molecule has 1 aromatic rings. The third-order valence-corrected chi connectivity index (χ3v) is 2.57. The van der Waals surface area contributed by atoms with Crippen molar-refractivity contribution in [3.63, 3.8) is 0 Å². The van der Waals surface area contributed by atoms with Crippen molar-refractivity contribution in [1.29, 1.82) is 0 Å². The van der Waals surface area contributed by atoms with E-state index in [1.807, 2.05) is 6.92 Å². The Labute approximate surface area is 100 Å². The molecule has 0 aliphatic rings. The van der Waals surface area contributed by atoms with Crippen molar-refractivity contribution in [2.75, 3.05) is 12.4 Å². The fourth-order valence-corrected chi connectivity index (χ4v) is 1.50. The number of nitro benzene ring substituents is 1. The maximum absolute atomic E-state index is 10.7. The van der Waals surface area contributed by atoms with Gasteiger partial charge in [0.05, 0.1) is 11.5 Å². The monoisotopic (exact) mass is 241 g/mol. The van der Waals surface area contributed by atoms with Crippen LogP contribution >= 0.6 is 12.6 Å². The normalized spacial score (nSPS) is 10.2. The number of hydrogen-bond acceptors (Lipinski definition) is 4. The number of nitro groups is 1. The molecule has 0 fully saturated rings. The zero-order valence-electron chi connectivity index (χ0n) is 9.40. The molecule has 0 bridgehead atoms. The lowest BCUT2D eigenvalue weighted by Gasteiger charge is -2.09. The molecule has 0 unspecified atom stereocenters. The van der Waals surface area contributed by atoms with Gasteiger partial charge in [0, 0.05) is 11.6 Å². The number of ether oxygens (including phenoxy) is 1. The predicted molar refractivity (Wildman–Crippen MR) is 66.5 cm³/mol. The van der Waals surface area contributed by atoms with Gasteiger partial charge in [0.1, 0.15) is 5.75 Å². The van der Waals surface area contributed by atoms with E-state index in [1.54, 1.807) is 19.1 Å². The van der Waals surface area contributed by atoms with Crippen molar-refractivity contribution in [3.05, 3.63) is 33.4 Å².